The van der Waals surface area contributed by atoms with Gasteiger partial charge in [-0.3, -0.25) is 0 Å². The Kier molecular flexibility index (Phi) is 5.36. The van der Waals surface area contributed by atoms with Crippen LogP contribution >= 0.6 is 0 Å². The van der Waals surface area contributed by atoms with Crippen molar-refractivity contribution in [2.45, 2.75) is 65.6 Å². The highest BCUT2D eigenvalue weighted by atomic mass is 16.5. The Morgan fingerprint density at radius 2 is 1.88 bits per heavy atom. The van der Waals surface area contributed by atoms with E-state index in [2.05, 4.69) is 39.8 Å². The van der Waals surface area contributed by atoms with E-state index in [1.54, 1.807) is 0 Å². The number of hydrogen-bond donors (Lipinski definition) is 0. The zero-order valence-corrected chi connectivity index (χ0v) is 16.2. The third-order valence-corrected chi connectivity index (χ3v) is 5.23. The Morgan fingerprint density at radius 3 is 2.58 bits per heavy atom. The van der Waals surface area contributed by atoms with Crippen LogP contribution < -0.4 is 9.47 Å². The second-order valence-electron chi connectivity index (χ2n) is 7.71. The lowest BCUT2D eigenvalue weighted by atomic mass is 9.86. The van der Waals surface area contributed by atoms with Gasteiger partial charge in [-0.15, -0.1) is 0 Å². The first-order valence-corrected chi connectivity index (χ1v) is 9.37. The zero-order chi connectivity index (χ0) is 18.7. The van der Waals surface area contributed by atoms with Crippen molar-refractivity contribution in [1.29, 1.82) is 0 Å². The lowest BCUT2D eigenvalue weighted by Crippen LogP contribution is -2.33. The highest BCUT2D eigenvalue weighted by Gasteiger charge is 2.32. The molecule has 2 aromatic rings. The molecule has 0 fully saturated rings. The van der Waals surface area contributed by atoms with E-state index >= 15 is 0 Å². The van der Waals surface area contributed by atoms with Crippen molar-refractivity contribution in [2.24, 2.45) is 0 Å². The summed E-state index contributed by atoms with van der Waals surface area (Å²) in [6.07, 6.45) is 4.12. The molecule has 26 heavy (non-hydrogen) atoms. The maximum absolute atomic E-state index is 11.0. The van der Waals surface area contributed by atoms with Gasteiger partial charge in [-0.2, -0.15) is 0 Å². The number of hydrogen-bond acceptors (Lipinski definition) is 3. The molecule has 1 aliphatic rings. The predicted molar refractivity (Wildman–Crippen MR) is 104 cm³/mol. The quantitative estimate of drug-likeness (QED) is 0.677. The van der Waals surface area contributed by atoms with Crippen molar-refractivity contribution in [2.75, 3.05) is 0 Å². The monoisotopic (exact) mass is 352 g/mol. The molecule has 3 rings (SSSR count). The van der Waals surface area contributed by atoms with Gasteiger partial charge < -0.3 is 14.3 Å². The molecule has 0 saturated heterocycles. The molecule has 0 spiro atoms. The second kappa shape index (κ2) is 7.53. The normalized spacial score (nSPS) is 15.1. The number of aldehydes is 1. The minimum atomic E-state index is -0.172. The van der Waals surface area contributed by atoms with Crippen LogP contribution in [0.4, 0.5) is 0 Å². The first-order valence-electron chi connectivity index (χ1n) is 9.37. The smallest absolute Gasteiger partial charge is 0.127 e. The predicted octanol–water partition coefficient (Wildman–Crippen LogP) is 5.12. The molecule has 0 aliphatic carbocycles. The van der Waals surface area contributed by atoms with Crippen LogP contribution in [0.1, 0.15) is 54.5 Å². The molecule has 3 heteroatoms. The maximum Gasteiger partial charge on any atom is 0.127 e. The van der Waals surface area contributed by atoms with Gasteiger partial charge in [0.15, 0.2) is 0 Å². The van der Waals surface area contributed by atoms with Gasteiger partial charge in [-0.1, -0.05) is 30.3 Å². The van der Waals surface area contributed by atoms with E-state index in [9.17, 15) is 4.79 Å². The minimum absolute atomic E-state index is 0.172. The SMILES string of the molecule is Cc1c(CCC=O)c2c(c(C)c1OCc1ccccc1)CCC(C)(C)O2. The lowest BCUT2D eigenvalue weighted by molar-refractivity contribution is -0.107. The summed E-state index contributed by atoms with van der Waals surface area (Å²) in [6, 6.07) is 10.2. The maximum atomic E-state index is 11.0. The van der Waals surface area contributed by atoms with E-state index in [0.29, 0.717) is 19.4 Å². The third-order valence-electron chi connectivity index (χ3n) is 5.23. The van der Waals surface area contributed by atoms with E-state index in [0.717, 1.165) is 47.3 Å². The Balaban J connectivity index is 2.00. The van der Waals surface area contributed by atoms with E-state index in [4.69, 9.17) is 9.47 Å². The molecular weight excluding hydrogens is 324 g/mol. The average molecular weight is 352 g/mol. The van der Waals surface area contributed by atoms with Crippen LogP contribution in [-0.2, 0) is 24.2 Å². The highest BCUT2D eigenvalue weighted by Crippen LogP contribution is 2.44. The van der Waals surface area contributed by atoms with Gasteiger partial charge in [-0.25, -0.2) is 0 Å². The van der Waals surface area contributed by atoms with Crippen LogP contribution in [0.3, 0.4) is 0 Å². The zero-order valence-electron chi connectivity index (χ0n) is 16.2. The number of benzene rings is 2. The molecule has 0 bridgehead atoms. The summed E-state index contributed by atoms with van der Waals surface area (Å²) in [6.45, 7) is 9.00. The molecule has 0 N–H and O–H groups in total. The molecule has 1 heterocycles. The van der Waals surface area contributed by atoms with E-state index in [1.165, 1.54) is 11.1 Å². The van der Waals surface area contributed by atoms with E-state index in [1.807, 2.05) is 18.2 Å². The van der Waals surface area contributed by atoms with Crippen LogP contribution in [0, 0.1) is 13.8 Å². The summed E-state index contributed by atoms with van der Waals surface area (Å²) in [7, 11) is 0. The van der Waals surface area contributed by atoms with E-state index < -0.39 is 0 Å². The molecule has 0 amide bonds. The number of carbonyl (C=O) groups excluding carboxylic acids is 1. The van der Waals surface area contributed by atoms with Crippen molar-refractivity contribution in [1.82, 2.24) is 0 Å². The average Bonchev–Trinajstić information content (AvgIpc) is 2.61. The lowest BCUT2D eigenvalue weighted by Gasteiger charge is -2.36. The summed E-state index contributed by atoms with van der Waals surface area (Å²) < 4.78 is 12.6. The minimum Gasteiger partial charge on any atom is -0.488 e. The summed E-state index contributed by atoms with van der Waals surface area (Å²) >= 11 is 0. The molecule has 3 nitrogen and oxygen atoms in total. The Labute approximate surface area is 156 Å². The van der Waals surface area contributed by atoms with Gasteiger partial charge in [0.2, 0.25) is 0 Å². The van der Waals surface area contributed by atoms with Gasteiger partial charge in [-0.05, 0) is 63.6 Å². The first-order chi connectivity index (χ1) is 12.4. The van der Waals surface area contributed by atoms with Gasteiger partial charge in [0.05, 0.1) is 0 Å². The topological polar surface area (TPSA) is 35.5 Å². The standard InChI is InChI=1S/C23H28O3/c1-16-19(11-8-14-24)22-20(12-13-23(3,4)26-22)17(2)21(16)25-15-18-9-6-5-7-10-18/h5-7,9-10,14H,8,11-13,15H2,1-4H3. The molecule has 0 saturated carbocycles. The van der Waals surface area contributed by atoms with Crippen LogP contribution in [0.5, 0.6) is 11.5 Å². The van der Waals surface area contributed by atoms with Crippen molar-refractivity contribution < 1.29 is 14.3 Å². The molecule has 1 aliphatic heterocycles. The summed E-state index contributed by atoms with van der Waals surface area (Å²) in [4.78, 5) is 11.0. The molecule has 138 valence electrons. The summed E-state index contributed by atoms with van der Waals surface area (Å²) in [5, 5.41) is 0. The molecular formula is C23H28O3. The second-order valence-corrected chi connectivity index (χ2v) is 7.71. The summed E-state index contributed by atoms with van der Waals surface area (Å²) in [5.41, 5.74) is 5.59. The number of fused-ring (bicyclic) bond motifs is 1. The van der Waals surface area contributed by atoms with Gasteiger partial charge in [0.25, 0.3) is 0 Å². The van der Waals surface area contributed by atoms with Gasteiger partial charge in [0, 0.05) is 17.5 Å². The fraction of sp³-hybridized carbons (Fsp3) is 0.435. The van der Waals surface area contributed by atoms with Crippen molar-refractivity contribution >= 4 is 6.29 Å². The fourth-order valence-corrected chi connectivity index (χ4v) is 3.71. The van der Waals surface area contributed by atoms with Gasteiger partial charge >= 0.3 is 0 Å². The Morgan fingerprint density at radius 1 is 1.15 bits per heavy atom. The largest absolute Gasteiger partial charge is 0.488 e. The third kappa shape index (κ3) is 3.77. The Bertz CT molecular complexity index is 791. The number of rotatable bonds is 6. The number of carbonyl (C=O) groups is 1. The molecule has 2 aromatic carbocycles. The van der Waals surface area contributed by atoms with Crippen LogP contribution in [0.2, 0.25) is 0 Å². The van der Waals surface area contributed by atoms with Crippen LogP contribution in [-0.4, -0.2) is 11.9 Å². The van der Waals surface area contributed by atoms with Gasteiger partial charge in [0.1, 0.15) is 30.0 Å². The van der Waals surface area contributed by atoms with Crippen molar-refractivity contribution in [3.05, 3.63) is 58.1 Å². The number of ether oxygens (including phenoxy) is 2. The summed E-state index contributed by atoms with van der Waals surface area (Å²) in [5.74, 6) is 1.92. The fourth-order valence-electron chi connectivity index (χ4n) is 3.71. The Hall–Kier alpha value is -2.29. The molecule has 0 unspecified atom stereocenters. The van der Waals surface area contributed by atoms with Crippen molar-refractivity contribution in [3.63, 3.8) is 0 Å². The molecule has 0 atom stereocenters. The first kappa shape index (κ1) is 18.5. The van der Waals surface area contributed by atoms with Crippen LogP contribution in [0.15, 0.2) is 30.3 Å². The molecule has 0 aromatic heterocycles. The van der Waals surface area contributed by atoms with Crippen LogP contribution in [0.25, 0.3) is 0 Å². The highest BCUT2D eigenvalue weighted by molar-refractivity contribution is 5.61. The molecule has 0 radical (unpaired) electrons. The van der Waals surface area contributed by atoms with Crippen molar-refractivity contribution in [3.8, 4) is 11.5 Å². The van der Waals surface area contributed by atoms with E-state index in [-0.39, 0.29) is 5.60 Å².